The third kappa shape index (κ3) is 9.07. The summed E-state index contributed by atoms with van der Waals surface area (Å²) in [5.74, 6) is -2.47. The lowest BCUT2D eigenvalue weighted by Gasteiger charge is -2.22. The Morgan fingerprint density at radius 1 is 0.394 bits per heavy atom. The molecule has 0 saturated heterocycles. The number of nitrogens with zero attached hydrogens (tertiary/aromatic N) is 6. The Morgan fingerprint density at radius 2 is 0.620 bits per heavy atom. The summed E-state index contributed by atoms with van der Waals surface area (Å²) in [6.45, 7) is 9.83. The van der Waals surface area contributed by atoms with Gasteiger partial charge in [-0.3, -0.25) is 28.1 Å². The van der Waals surface area contributed by atoms with Gasteiger partial charge in [-0.2, -0.15) is 4.57 Å². The minimum atomic E-state index is -5.66. The molecule has 0 bridgehead atoms. The first-order chi connectivity index (χ1) is 33.8. The van der Waals surface area contributed by atoms with Crippen molar-refractivity contribution in [3.63, 3.8) is 0 Å². The Morgan fingerprint density at radius 3 is 0.859 bits per heavy atom. The smallest absolute Gasteiger partial charge is 0.361 e. The molecule has 0 N–H and O–H groups in total. The molecule has 3 aromatic heterocycles. The van der Waals surface area contributed by atoms with E-state index < -0.39 is 42.1 Å². The largest absolute Gasteiger partial charge is 0.651 e. The van der Waals surface area contributed by atoms with Crippen molar-refractivity contribution in [2.75, 3.05) is 0 Å². The molecule has 0 unspecified atom stereocenters. The van der Waals surface area contributed by atoms with Crippen molar-refractivity contribution in [2.45, 2.75) is 61.2 Å². The average Bonchev–Trinajstić information content (AvgIpc) is 3.36. The zero-order valence-electron chi connectivity index (χ0n) is 38.5. The molecule has 13 nitrogen and oxygen atoms in total. The number of fused-ring (bicyclic) bond motifs is 3. The van der Waals surface area contributed by atoms with Gasteiger partial charge in [0.25, 0.3) is 17.6 Å². The molecule has 0 spiro atoms. The Kier molecular flexibility index (Phi) is 13.8. The van der Waals surface area contributed by atoms with Crippen molar-refractivity contribution < 1.29 is 18.1 Å². The van der Waals surface area contributed by atoms with Gasteiger partial charge in [-0.1, -0.05) is 161 Å². The number of phosphoric acid groups is 1. The van der Waals surface area contributed by atoms with Gasteiger partial charge in [0.2, 0.25) is 0 Å². The summed E-state index contributed by atoms with van der Waals surface area (Å²) in [4.78, 5) is 58.7. The standard InChI is InChI=1S/C51H39Cl6N6O7P/c1-25-34(52)37(55)28(4)43-40(25)58-46(49(64)61(43)22-31-16-10-7-11-17-31)68-71(67,69-47-50(65)62(23-32-18-12-8-13-19-32)44-29(5)38(56)35(53)26(2)41(44)59-47)70-48-51(66)63(24-33-20-14-9-15-21-33)45-30(6)39(57)36(54)27(3)42(45)60-48/h7-21H,22-24H2,1-6H3. The number of phosphoric ester groups is 1. The molecule has 9 rings (SSSR count). The normalized spacial score (nSPS) is 11.8. The fraction of sp³-hybridized carbons (Fsp3) is 0.176. The lowest BCUT2D eigenvalue weighted by atomic mass is 10.1. The lowest BCUT2D eigenvalue weighted by Crippen LogP contribution is -2.29. The monoisotopic (exact) mass is 1090 g/mol. The van der Waals surface area contributed by atoms with Crippen molar-refractivity contribution in [1.82, 2.24) is 28.7 Å². The highest BCUT2D eigenvalue weighted by molar-refractivity contribution is 7.49. The molecule has 6 aromatic carbocycles. The molecule has 20 heteroatoms. The van der Waals surface area contributed by atoms with Crippen LogP contribution in [-0.2, 0) is 24.2 Å². The van der Waals surface area contributed by atoms with Gasteiger partial charge in [-0.15, -0.1) is 0 Å². The third-order valence-corrected chi connectivity index (χ3v) is 16.6. The molecule has 362 valence electrons. The van der Waals surface area contributed by atoms with E-state index in [4.69, 9.17) is 83.2 Å². The van der Waals surface area contributed by atoms with Crippen LogP contribution in [0, 0.1) is 41.5 Å². The van der Waals surface area contributed by atoms with Gasteiger partial charge in [0.05, 0.1) is 82.9 Å². The summed E-state index contributed by atoms with van der Waals surface area (Å²) in [7, 11) is -5.66. The molecular formula is C51H39Cl6N6O7P. The van der Waals surface area contributed by atoms with Crippen LogP contribution < -0.4 is 30.2 Å². The molecule has 0 radical (unpaired) electrons. The van der Waals surface area contributed by atoms with E-state index in [9.17, 15) is 14.4 Å². The quantitative estimate of drug-likeness (QED) is 0.108. The second kappa shape index (κ2) is 19.6. The van der Waals surface area contributed by atoms with E-state index in [0.29, 0.717) is 66.6 Å². The molecule has 0 aliphatic heterocycles. The first-order valence-corrected chi connectivity index (χ1v) is 25.5. The summed E-state index contributed by atoms with van der Waals surface area (Å²) < 4.78 is 38.5. The maximum Gasteiger partial charge on any atom is 0.651 e. The number of hydrogen-bond acceptors (Lipinski definition) is 10. The van der Waals surface area contributed by atoms with E-state index in [0.717, 1.165) is 0 Å². The van der Waals surface area contributed by atoms with E-state index in [-0.39, 0.29) is 66.3 Å². The maximum atomic E-state index is 16.0. The van der Waals surface area contributed by atoms with Crippen LogP contribution in [0.1, 0.15) is 50.1 Å². The van der Waals surface area contributed by atoms with Crippen molar-refractivity contribution in [3.05, 3.63) is 202 Å². The molecule has 0 fully saturated rings. The number of aryl methyl sites for hydroxylation is 6. The van der Waals surface area contributed by atoms with Crippen LogP contribution in [0.2, 0.25) is 30.1 Å². The molecule has 9 aromatic rings. The zero-order chi connectivity index (χ0) is 50.8. The number of aromatic nitrogens is 6. The predicted molar refractivity (Wildman–Crippen MR) is 283 cm³/mol. The van der Waals surface area contributed by atoms with Crippen LogP contribution in [0.4, 0.5) is 0 Å². The van der Waals surface area contributed by atoms with E-state index in [1.54, 1.807) is 114 Å². The minimum Gasteiger partial charge on any atom is -0.361 e. The van der Waals surface area contributed by atoms with Gasteiger partial charge >= 0.3 is 24.5 Å². The first kappa shape index (κ1) is 50.1. The summed E-state index contributed by atoms with van der Waals surface area (Å²) in [6, 6.07) is 27.1. The lowest BCUT2D eigenvalue weighted by molar-refractivity contribution is 0.281. The van der Waals surface area contributed by atoms with Crippen LogP contribution in [0.15, 0.2) is 105 Å². The van der Waals surface area contributed by atoms with E-state index in [1.165, 1.54) is 13.7 Å². The number of benzene rings is 6. The Balaban J connectivity index is 1.33. The maximum absolute atomic E-state index is 16.0. The van der Waals surface area contributed by atoms with E-state index in [2.05, 4.69) is 15.0 Å². The SMILES string of the molecule is Cc1c(Cl)c(Cl)c(C)c2c1nc(OP(=O)(Oc1nc3c(C)c(Cl)c(Cl)c(C)c3n(Cc3ccccc3)c1=O)Oc1nc3c(C)c(Cl)c(Cl)c(C)c3n(Cc3ccccc3)c1=O)c(=O)n2Cc1ccccc1. The number of rotatable bonds is 12. The van der Waals surface area contributed by atoms with Crippen LogP contribution in [0.3, 0.4) is 0 Å². The third-order valence-electron chi connectivity index (χ3n) is 12.2. The molecule has 0 atom stereocenters. The topological polar surface area (TPSA) is 149 Å². The number of hydrogen-bond donors (Lipinski definition) is 0. The summed E-state index contributed by atoms with van der Waals surface area (Å²) in [5, 5.41) is 0.989. The summed E-state index contributed by atoms with van der Waals surface area (Å²) in [6.07, 6.45) is 0. The Hall–Kier alpha value is -5.89. The summed E-state index contributed by atoms with van der Waals surface area (Å²) >= 11 is 40.5. The van der Waals surface area contributed by atoms with Crippen molar-refractivity contribution in [1.29, 1.82) is 0 Å². The second-order valence-corrected chi connectivity index (χ2v) is 20.5. The van der Waals surface area contributed by atoms with Gasteiger partial charge in [-0.05, 0) is 91.6 Å². The molecule has 0 aliphatic rings. The Bertz CT molecular complexity index is 3510. The van der Waals surface area contributed by atoms with Gasteiger partial charge in [0, 0.05) is 0 Å². The summed E-state index contributed by atoms with van der Waals surface area (Å²) in [5.41, 5.74) is 2.99. The van der Waals surface area contributed by atoms with Gasteiger partial charge in [-0.25, -0.2) is 15.0 Å². The van der Waals surface area contributed by atoms with Gasteiger partial charge in [0.15, 0.2) is 0 Å². The highest BCUT2D eigenvalue weighted by Gasteiger charge is 2.40. The fourth-order valence-electron chi connectivity index (χ4n) is 8.48. The van der Waals surface area contributed by atoms with Gasteiger partial charge in [0.1, 0.15) is 0 Å². The van der Waals surface area contributed by atoms with Gasteiger partial charge < -0.3 is 13.6 Å². The van der Waals surface area contributed by atoms with Crippen LogP contribution >= 0.6 is 77.4 Å². The first-order valence-electron chi connectivity index (χ1n) is 21.8. The van der Waals surface area contributed by atoms with E-state index in [1.807, 2.05) is 18.2 Å². The second-order valence-electron chi connectivity index (χ2n) is 16.8. The zero-order valence-corrected chi connectivity index (χ0v) is 44.0. The van der Waals surface area contributed by atoms with Crippen LogP contribution in [0.25, 0.3) is 33.1 Å². The van der Waals surface area contributed by atoms with E-state index >= 15 is 4.57 Å². The van der Waals surface area contributed by atoms with Crippen LogP contribution in [0.5, 0.6) is 17.6 Å². The highest BCUT2D eigenvalue weighted by Crippen LogP contribution is 2.49. The van der Waals surface area contributed by atoms with Crippen molar-refractivity contribution in [3.8, 4) is 17.6 Å². The molecule has 3 heterocycles. The molecule has 0 saturated carbocycles. The molecule has 0 aliphatic carbocycles. The van der Waals surface area contributed by atoms with Crippen LogP contribution in [-0.4, -0.2) is 28.7 Å². The van der Waals surface area contributed by atoms with Crippen molar-refractivity contribution >= 4 is 111 Å². The Labute approximate surface area is 435 Å². The molecular weight excluding hydrogens is 1050 g/mol. The molecule has 71 heavy (non-hydrogen) atoms. The predicted octanol–water partition coefficient (Wildman–Crippen LogP) is 13.4. The average molecular weight is 1090 g/mol. The highest BCUT2D eigenvalue weighted by atomic mass is 35.5. The number of halogens is 6. The fourth-order valence-corrected chi connectivity index (χ4v) is 11.0. The van der Waals surface area contributed by atoms with Crippen molar-refractivity contribution in [2.24, 2.45) is 0 Å². The minimum absolute atomic E-state index is 0.0456. The molecule has 0 amide bonds.